The number of carbonyl (C=O) groups excluding carboxylic acids is 1. The Morgan fingerprint density at radius 2 is 1.97 bits per heavy atom. The Morgan fingerprint density at radius 3 is 2.74 bits per heavy atom. The van der Waals surface area contributed by atoms with Crippen molar-refractivity contribution in [2.45, 2.75) is 25.3 Å². The number of nitrogens with one attached hydrogen (secondary N) is 2. The number of H-pyrrole nitrogens is 1. The van der Waals surface area contributed by atoms with Crippen LogP contribution in [0.4, 0.5) is 0 Å². The molecule has 1 amide bonds. The number of para-hydroxylation sites is 2. The summed E-state index contributed by atoms with van der Waals surface area (Å²) in [5, 5.41) is 7.14. The second-order valence-corrected chi connectivity index (χ2v) is 8.61. The maximum Gasteiger partial charge on any atom is 0.227 e. The van der Waals surface area contributed by atoms with Gasteiger partial charge in [-0.1, -0.05) is 17.3 Å². The molecule has 4 aromatic rings. The molecule has 10 heteroatoms. The maximum absolute atomic E-state index is 12.7. The molecule has 0 saturated heterocycles. The molecule has 0 radical (unpaired) electrons. The van der Waals surface area contributed by atoms with Crippen LogP contribution in [0.25, 0.3) is 22.4 Å². The van der Waals surface area contributed by atoms with Crippen molar-refractivity contribution < 1.29 is 18.8 Å². The number of hydrogen-bond donors (Lipinski definition) is 2. The van der Waals surface area contributed by atoms with E-state index in [2.05, 4.69) is 25.4 Å². The van der Waals surface area contributed by atoms with Crippen LogP contribution in [-0.4, -0.2) is 52.2 Å². The molecule has 0 spiro atoms. The van der Waals surface area contributed by atoms with Crippen molar-refractivity contribution in [1.29, 1.82) is 0 Å². The van der Waals surface area contributed by atoms with Crippen LogP contribution < -0.4 is 14.8 Å². The number of nitrogens with zero attached hydrogens (tertiary/aromatic N) is 3. The first-order valence-electron chi connectivity index (χ1n) is 10.9. The Bertz CT molecular complexity index is 1220. The third kappa shape index (κ3) is 5.51. The normalized spacial score (nSPS) is 12.0. The number of aromatic amines is 1. The Morgan fingerprint density at radius 1 is 1.15 bits per heavy atom. The van der Waals surface area contributed by atoms with Crippen LogP contribution >= 0.6 is 11.8 Å². The summed E-state index contributed by atoms with van der Waals surface area (Å²) in [6.07, 6.45) is 3.38. The van der Waals surface area contributed by atoms with Crippen LogP contribution in [0, 0.1) is 0 Å². The predicted octanol–water partition coefficient (Wildman–Crippen LogP) is 4.17. The summed E-state index contributed by atoms with van der Waals surface area (Å²) in [6, 6.07) is 13.0. The number of benzene rings is 2. The van der Waals surface area contributed by atoms with E-state index in [0.717, 1.165) is 34.6 Å². The lowest BCUT2D eigenvalue weighted by atomic mass is 10.2. The standard InChI is InChI=1S/C24H27N5O4S/c1-31-19-9-8-15(14-20(19)32-2)23-28-22(33-29-23)11-10-21(30)25-18(12-13-34-3)24-26-16-6-4-5-7-17(16)27-24/h4-9,14,18H,10-13H2,1-3H3,(H,25,30)(H,26,27). The molecule has 0 aliphatic carbocycles. The zero-order valence-electron chi connectivity index (χ0n) is 19.3. The van der Waals surface area contributed by atoms with Crippen LogP contribution in [0.1, 0.15) is 30.6 Å². The molecule has 178 valence electrons. The Kier molecular flexibility index (Phi) is 7.69. The van der Waals surface area contributed by atoms with Crippen molar-refractivity contribution in [2.75, 3.05) is 26.2 Å². The highest BCUT2D eigenvalue weighted by molar-refractivity contribution is 7.98. The van der Waals surface area contributed by atoms with Gasteiger partial charge in [-0.3, -0.25) is 4.79 Å². The van der Waals surface area contributed by atoms with E-state index < -0.39 is 0 Å². The summed E-state index contributed by atoms with van der Waals surface area (Å²) in [6.45, 7) is 0. The fourth-order valence-corrected chi connectivity index (χ4v) is 4.06. The van der Waals surface area contributed by atoms with Crippen molar-refractivity contribution in [2.24, 2.45) is 0 Å². The quantitative estimate of drug-likeness (QED) is 0.328. The molecule has 0 saturated carbocycles. The van der Waals surface area contributed by atoms with Gasteiger partial charge in [-0.15, -0.1) is 0 Å². The Labute approximate surface area is 201 Å². The van der Waals surface area contributed by atoms with Gasteiger partial charge in [0.05, 0.1) is 31.3 Å². The van der Waals surface area contributed by atoms with Crippen LogP contribution in [0.2, 0.25) is 0 Å². The van der Waals surface area contributed by atoms with Gasteiger partial charge >= 0.3 is 0 Å². The van der Waals surface area contributed by atoms with Gasteiger partial charge in [0.2, 0.25) is 17.6 Å². The van der Waals surface area contributed by atoms with Crippen molar-refractivity contribution >= 4 is 28.7 Å². The molecule has 2 aromatic carbocycles. The molecule has 0 fully saturated rings. The number of carbonyl (C=O) groups is 1. The Balaban J connectivity index is 1.39. The van der Waals surface area contributed by atoms with Gasteiger partial charge in [-0.05, 0) is 48.8 Å². The average Bonchev–Trinajstić information content (AvgIpc) is 3.52. The molecule has 1 atom stereocenters. The van der Waals surface area contributed by atoms with E-state index in [9.17, 15) is 4.79 Å². The molecule has 0 aliphatic rings. The molecular formula is C24H27N5O4S. The van der Waals surface area contributed by atoms with Crippen LogP contribution in [-0.2, 0) is 11.2 Å². The van der Waals surface area contributed by atoms with Crippen LogP contribution in [0.5, 0.6) is 11.5 Å². The molecule has 0 aliphatic heterocycles. The first kappa shape index (κ1) is 23.6. The monoisotopic (exact) mass is 481 g/mol. The van der Waals surface area contributed by atoms with E-state index in [0.29, 0.717) is 29.6 Å². The molecular weight excluding hydrogens is 454 g/mol. The largest absolute Gasteiger partial charge is 0.493 e. The second kappa shape index (κ2) is 11.1. The summed E-state index contributed by atoms with van der Waals surface area (Å²) < 4.78 is 16.0. The molecule has 2 heterocycles. The van der Waals surface area contributed by atoms with E-state index in [1.807, 2.05) is 36.6 Å². The predicted molar refractivity (Wildman–Crippen MR) is 131 cm³/mol. The lowest BCUT2D eigenvalue weighted by Crippen LogP contribution is -2.30. The lowest BCUT2D eigenvalue weighted by molar-refractivity contribution is -0.122. The Hall–Kier alpha value is -3.53. The molecule has 1 unspecified atom stereocenters. The molecule has 34 heavy (non-hydrogen) atoms. The zero-order valence-corrected chi connectivity index (χ0v) is 20.1. The van der Waals surface area contributed by atoms with E-state index in [-0.39, 0.29) is 18.4 Å². The minimum absolute atomic E-state index is 0.0996. The molecule has 4 rings (SSSR count). The molecule has 2 N–H and O–H groups in total. The number of imidazole rings is 1. The maximum atomic E-state index is 12.7. The number of aromatic nitrogens is 4. The van der Waals surface area contributed by atoms with Crippen LogP contribution in [0.15, 0.2) is 47.0 Å². The molecule has 2 aromatic heterocycles. The van der Waals surface area contributed by atoms with Gasteiger partial charge in [0.25, 0.3) is 0 Å². The van der Waals surface area contributed by atoms with Crippen LogP contribution in [0.3, 0.4) is 0 Å². The van der Waals surface area contributed by atoms with E-state index >= 15 is 0 Å². The fourth-order valence-electron chi connectivity index (χ4n) is 3.59. The van der Waals surface area contributed by atoms with Gasteiger partial charge in [0, 0.05) is 18.4 Å². The minimum atomic E-state index is -0.197. The summed E-state index contributed by atoms with van der Waals surface area (Å²) in [5.74, 6) is 3.58. The van der Waals surface area contributed by atoms with E-state index in [4.69, 9.17) is 14.0 Å². The highest BCUT2D eigenvalue weighted by Gasteiger charge is 2.19. The highest BCUT2D eigenvalue weighted by Crippen LogP contribution is 2.31. The van der Waals surface area contributed by atoms with Gasteiger partial charge in [-0.2, -0.15) is 16.7 Å². The van der Waals surface area contributed by atoms with Crippen molar-refractivity contribution in [3.8, 4) is 22.9 Å². The van der Waals surface area contributed by atoms with Gasteiger partial charge in [0.15, 0.2) is 11.5 Å². The number of fused-ring (bicyclic) bond motifs is 1. The SMILES string of the molecule is COc1ccc(-c2noc(CCC(=O)NC(CCSC)c3nc4ccccc4[nH]3)n2)cc1OC. The lowest BCUT2D eigenvalue weighted by Gasteiger charge is -2.16. The first-order chi connectivity index (χ1) is 16.6. The summed E-state index contributed by atoms with van der Waals surface area (Å²) in [7, 11) is 3.15. The van der Waals surface area contributed by atoms with Gasteiger partial charge in [-0.25, -0.2) is 4.98 Å². The summed E-state index contributed by atoms with van der Waals surface area (Å²) in [4.78, 5) is 25.1. The third-order valence-electron chi connectivity index (χ3n) is 5.36. The summed E-state index contributed by atoms with van der Waals surface area (Å²) >= 11 is 1.73. The van der Waals surface area contributed by atoms with Gasteiger partial charge in [0.1, 0.15) is 5.82 Å². The average molecular weight is 482 g/mol. The number of amides is 1. The number of rotatable bonds is 11. The third-order valence-corrected chi connectivity index (χ3v) is 6.00. The number of ether oxygens (including phenoxy) is 2. The number of hydrogen-bond acceptors (Lipinski definition) is 8. The summed E-state index contributed by atoms with van der Waals surface area (Å²) in [5.41, 5.74) is 2.57. The smallest absolute Gasteiger partial charge is 0.227 e. The number of aryl methyl sites for hydroxylation is 1. The van der Waals surface area contributed by atoms with Crippen molar-refractivity contribution in [3.63, 3.8) is 0 Å². The highest BCUT2D eigenvalue weighted by atomic mass is 32.2. The molecule has 9 nitrogen and oxygen atoms in total. The van der Waals surface area contributed by atoms with Crippen molar-refractivity contribution in [3.05, 3.63) is 54.2 Å². The topological polar surface area (TPSA) is 115 Å². The van der Waals surface area contributed by atoms with Gasteiger partial charge < -0.3 is 24.3 Å². The van der Waals surface area contributed by atoms with E-state index in [1.54, 1.807) is 38.1 Å². The zero-order chi connectivity index (χ0) is 23.9. The minimum Gasteiger partial charge on any atom is -0.493 e. The van der Waals surface area contributed by atoms with E-state index in [1.165, 1.54) is 0 Å². The number of thioether (sulfide) groups is 1. The second-order valence-electron chi connectivity index (χ2n) is 7.62. The molecule has 0 bridgehead atoms. The van der Waals surface area contributed by atoms with Crippen molar-refractivity contribution in [1.82, 2.24) is 25.4 Å². The first-order valence-corrected chi connectivity index (χ1v) is 12.3. The fraction of sp³-hybridized carbons (Fsp3) is 0.333. The number of methoxy groups -OCH3 is 2.